The molecular formula is C48H78N10O8. The molecule has 0 spiro atoms. The van der Waals surface area contributed by atoms with Gasteiger partial charge in [-0.2, -0.15) is 0 Å². The summed E-state index contributed by atoms with van der Waals surface area (Å²) in [5, 5.41) is 26.4. The molecule has 7 atom stereocenters. The van der Waals surface area contributed by atoms with E-state index in [1.165, 1.54) is 0 Å². The maximum absolute atomic E-state index is 14.3. The zero-order valence-corrected chi connectivity index (χ0v) is 39.4. The van der Waals surface area contributed by atoms with E-state index in [0.717, 1.165) is 5.56 Å². The molecule has 368 valence electrons. The van der Waals surface area contributed by atoms with Crippen molar-refractivity contribution in [3.8, 4) is 0 Å². The van der Waals surface area contributed by atoms with E-state index in [-0.39, 0.29) is 50.4 Å². The Bertz CT molecular complexity index is 1780. The number of hydrogen-bond donors (Lipinski definition) is 11. The van der Waals surface area contributed by atoms with Crippen LogP contribution in [0.4, 0.5) is 0 Å². The molecule has 0 saturated heterocycles. The Balaban J connectivity index is 2.42. The predicted octanol–water partition coefficient (Wildman–Crippen LogP) is 1.27. The first kappa shape index (κ1) is 56.7. The van der Waals surface area contributed by atoms with Gasteiger partial charge in [-0.25, -0.2) is 4.79 Å². The van der Waals surface area contributed by atoms with Crippen molar-refractivity contribution >= 4 is 41.4 Å². The number of unbranched alkanes of at least 4 members (excludes halogenated alkanes) is 3. The van der Waals surface area contributed by atoms with Crippen molar-refractivity contribution in [3.63, 3.8) is 0 Å². The van der Waals surface area contributed by atoms with Gasteiger partial charge in [0.15, 0.2) is 0 Å². The topological polar surface area (TPSA) is 316 Å². The Morgan fingerprint density at radius 2 is 0.758 bits per heavy atom. The molecule has 18 heteroatoms. The van der Waals surface area contributed by atoms with E-state index in [1.807, 2.05) is 58.0 Å². The van der Waals surface area contributed by atoms with E-state index in [9.17, 15) is 38.7 Å². The van der Waals surface area contributed by atoms with Crippen LogP contribution in [-0.4, -0.2) is 108 Å². The minimum absolute atomic E-state index is 0.0198. The molecule has 6 amide bonds. The molecule has 0 bridgehead atoms. The van der Waals surface area contributed by atoms with Gasteiger partial charge in [-0.05, 0) is 107 Å². The molecule has 0 unspecified atom stereocenters. The summed E-state index contributed by atoms with van der Waals surface area (Å²) in [5.41, 5.74) is 24.7. The van der Waals surface area contributed by atoms with Gasteiger partial charge in [-0.1, -0.05) is 94.8 Å². The van der Waals surface area contributed by atoms with E-state index in [2.05, 4.69) is 31.9 Å². The number of benzene rings is 2. The first-order chi connectivity index (χ1) is 31.5. The minimum atomic E-state index is -1.23. The average Bonchev–Trinajstić information content (AvgIpc) is 3.27. The lowest BCUT2D eigenvalue weighted by Gasteiger charge is -2.28. The Labute approximate surface area is 390 Å². The van der Waals surface area contributed by atoms with Gasteiger partial charge in [-0.15, -0.1) is 0 Å². The molecule has 0 saturated carbocycles. The van der Waals surface area contributed by atoms with Crippen LogP contribution >= 0.6 is 0 Å². The fourth-order valence-electron chi connectivity index (χ4n) is 7.32. The summed E-state index contributed by atoms with van der Waals surface area (Å²) < 4.78 is 0. The maximum Gasteiger partial charge on any atom is 0.326 e. The van der Waals surface area contributed by atoms with Crippen molar-refractivity contribution in [1.29, 1.82) is 0 Å². The van der Waals surface area contributed by atoms with Gasteiger partial charge >= 0.3 is 5.97 Å². The predicted molar refractivity (Wildman–Crippen MR) is 255 cm³/mol. The van der Waals surface area contributed by atoms with Crippen molar-refractivity contribution in [2.45, 2.75) is 153 Å². The van der Waals surface area contributed by atoms with Crippen LogP contribution in [0.1, 0.15) is 109 Å². The highest BCUT2D eigenvalue weighted by Gasteiger charge is 2.34. The first-order valence-corrected chi connectivity index (χ1v) is 23.5. The third-order valence-corrected chi connectivity index (χ3v) is 11.0. The van der Waals surface area contributed by atoms with Crippen LogP contribution in [0.2, 0.25) is 0 Å². The molecule has 0 radical (unpaired) electrons. The lowest BCUT2D eigenvalue weighted by atomic mass is 9.99. The van der Waals surface area contributed by atoms with E-state index >= 15 is 0 Å². The largest absolute Gasteiger partial charge is 0.480 e. The molecule has 2 aromatic rings. The van der Waals surface area contributed by atoms with Crippen molar-refractivity contribution < 1.29 is 38.7 Å². The normalized spacial score (nSPS) is 14.5. The average molecular weight is 923 g/mol. The summed E-state index contributed by atoms with van der Waals surface area (Å²) in [6, 6.07) is 10.2. The number of carboxylic acid groups (broad SMARTS) is 1. The van der Waals surface area contributed by atoms with E-state index in [1.54, 1.807) is 30.3 Å². The molecule has 0 aliphatic carbocycles. The van der Waals surface area contributed by atoms with Gasteiger partial charge in [0, 0.05) is 12.8 Å². The second kappa shape index (κ2) is 31.5. The van der Waals surface area contributed by atoms with Gasteiger partial charge in [0.1, 0.15) is 36.3 Å². The monoisotopic (exact) mass is 923 g/mol. The van der Waals surface area contributed by atoms with Crippen LogP contribution in [0.5, 0.6) is 0 Å². The van der Waals surface area contributed by atoms with Crippen molar-refractivity contribution in [1.82, 2.24) is 31.9 Å². The van der Waals surface area contributed by atoms with Crippen molar-refractivity contribution in [2.75, 3.05) is 19.6 Å². The highest BCUT2D eigenvalue weighted by Crippen LogP contribution is 2.13. The van der Waals surface area contributed by atoms with Gasteiger partial charge in [-0.3, -0.25) is 28.8 Å². The Kier molecular flexibility index (Phi) is 27.0. The molecule has 66 heavy (non-hydrogen) atoms. The molecule has 0 fully saturated rings. The number of carboxylic acids is 1. The second-order valence-electron chi connectivity index (χ2n) is 17.8. The quantitative estimate of drug-likeness (QED) is 0.0451. The number of hydrogen-bond acceptors (Lipinski definition) is 11. The van der Waals surface area contributed by atoms with E-state index < -0.39 is 83.7 Å². The van der Waals surface area contributed by atoms with Gasteiger partial charge in [0.2, 0.25) is 35.4 Å². The molecule has 18 nitrogen and oxygen atoms in total. The lowest BCUT2D eigenvalue weighted by molar-refractivity contribution is -0.142. The van der Waals surface area contributed by atoms with Gasteiger partial charge in [0.05, 0.1) is 6.04 Å². The molecule has 0 aliphatic heterocycles. The van der Waals surface area contributed by atoms with Crippen LogP contribution in [0, 0.1) is 11.8 Å². The van der Waals surface area contributed by atoms with Crippen LogP contribution in [0.15, 0.2) is 60.7 Å². The van der Waals surface area contributed by atoms with Gasteiger partial charge < -0.3 is 59.9 Å². The van der Waals surface area contributed by atoms with Crippen molar-refractivity contribution in [3.05, 3.63) is 71.8 Å². The maximum atomic E-state index is 14.3. The number of aliphatic carboxylic acids is 1. The first-order valence-electron chi connectivity index (χ1n) is 23.5. The Morgan fingerprint density at radius 3 is 1.15 bits per heavy atom. The summed E-state index contributed by atoms with van der Waals surface area (Å²) in [4.78, 5) is 95.8. The summed E-state index contributed by atoms with van der Waals surface area (Å²) in [6.07, 6.45) is 4.53. The van der Waals surface area contributed by atoms with E-state index in [4.69, 9.17) is 22.9 Å². The van der Waals surface area contributed by atoms with Crippen LogP contribution in [-0.2, 0) is 46.4 Å². The fourth-order valence-corrected chi connectivity index (χ4v) is 7.32. The van der Waals surface area contributed by atoms with Crippen LogP contribution in [0.3, 0.4) is 0 Å². The molecule has 0 aliphatic rings. The number of carbonyl (C=O) groups excluding carboxylic acids is 6. The lowest BCUT2D eigenvalue weighted by Crippen LogP contribution is -2.60. The Morgan fingerprint density at radius 1 is 0.439 bits per heavy atom. The number of nitrogens with one attached hydrogen (secondary N) is 6. The van der Waals surface area contributed by atoms with Crippen LogP contribution < -0.4 is 54.8 Å². The minimum Gasteiger partial charge on any atom is -0.480 e. The molecular weight excluding hydrogens is 845 g/mol. The zero-order valence-electron chi connectivity index (χ0n) is 39.4. The standard InChI is InChI=1S/C48H78N10O8/c1-31(2)27-38(56-46(63)40(29-33-17-7-5-8-18-33)55-42(59)35(52)21-11-14-24-49)44(61)53-36(22-12-15-25-50)43(60)58-41(30-34-19-9-6-10-20-34)47(64)57-39(28-32(3)4)45(62)54-37(48(65)66)23-13-16-26-51/h5-10,17-20,31-32,35-41H,11-16,21-30,49-52H2,1-4H3,(H,53,61)(H,54,62)(H,55,59)(H,56,63)(H,57,64)(H,58,60)(H,65,66)/t35-,36-,37-,38-,39-,40-,41-/m0/s1. The second-order valence-corrected chi connectivity index (χ2v) is 17.8. The number of amides is 6. The Hall–Kier alpha value is -5.43. The molecule has 2 rings (SSSR count). The van der Waals surface area contributed by atoms with E-state index in [0.29, 0.717) is 70.1 Å². The zero-order chi connectivity index (χ0) is 49.0. The third kappa shape index (κ3) is 22.2. The van der Waals surface area contributed by atoms with Crippen LogP contribution in [0.25, 0.3) is 0 Å². The van der Waals surface area contributed by atoms with Crippen molar-refractivity contribution in [2.24, 2.45) is 34.8 Å². The molecule has 2 aromatic carbocycles. The smallest absolute Gasteiger partial charge is 0.326 e. The van der Waals surface area contributed by atoms with Gasteiger partial charge in [0.25, 0.3) is 0 Å². The number of carbonyl (C=O) groups is 7. The highest BCUT2D eigenvalue weighted by atomic mass is 16.4. The summed E-state index contributed by atoms with van der Waals surface area (Å²) in [6.45, 7) is 8.63. The highest BCUT2D eigenvalue weighted by molar-refractivity contribution is 5.97. The fraction of sp³-hybridized carbons (Fsp3) is 0.604. The number of nitrogens with two attached hydrogens (primary N) is 4. The third-order valence-electron chi connectivity index (χ3n) is 11.0. The molecule has 0 heterocycles. The summed E-state index contributed by atoms with van der Waals surface area (Å²) in [5.74, 6) is -5.21. The summed E-state index contributed by atoms with van der Waals surface area (Å²) in [7, 11) is 0. The molecule has 0 aromatic heterocycles. The number of rotatable bonds is 33. The summed E-state index contributed by atoms with van der Waals surface area (Å²) >= 11 is 0. The SMILES string of the molecule is CC(C)C[C@H](NC(=O)[C@H](Cc1ccccc1)NC(=O)[C@H](CCCCN)NC(=O)[C@H](CC(C)C)NC(=O)[C@H](Cc1ccccc1)NC(=O)[C@@H](N)CCCCN)C(=O)N[C@@H](CCCCN)C(=O)O. The molecule has 15 N–H and O–H groups in total.